The lowest BCUT2D eigenvalue weighted by Crippen LogP contribution is -2.44. The molecular weight excluding hydrogens is 343 g/mol. The summed E-state index contributed by atoms with van der Waals surface area (Å²) in [6, 6.07) is 7.87. The lowest BCUT2D eigenvalue weighted by Gasteiger charge is -2.28. The molecule has 2 aromatic rings. The van der Waals surface area contributed by atoms with Gasteiger partial charge in [-0.25, -0.2) is 4.98 Å². The van der Waals surface area contributed by atoms with Crippen molar-refractivity contribution in [3.05, 3.63) is 41.7 Å². The first-order valence-electron chi connectivity index (χ1n) is 8.69. The first kappa shape index (κ1) is 17.3. The van der Waals surface area contributed by atoms with Crippen molar-refractivity contribution in [3.8, 4) is 0 Å². The van der Waals surface area contributed by atoms with Gasteiger partial charge in [-0.05, 0) is 50.2 Å². The van der Waals surface area contributed by atoms with Gasteiger partial charge in [-0.2, -0.15) is 13.2 Å². The van der Waals surface area contributed by atoms with Crippen LogP contribution in [0.3, 0.4) is 0 Å². The van der Waals surface area contributed by atoms with Gasteiger partial charge in [0.05, 0.1) is 11.2 Å². The molecule has 2 fully saturated rings. The van der Waals surface area contributed by atoms with Crippen LogP contribution in [-0.4, -0.2) is 24.0 Å². The van der Waals surface area contributed by atoms with Crippen molar-refractivity contribution in [2.75, 3.05) is 13.1 Å². The lowest BCUT2D eigenvalue weighted by molar-refractivity contribution is -0.141. The standard InChI is InChI=1S/C19H20F3N3O/c1-18(2,25-17(26)15-12-8-23-9-13(12)15)16-11-6-4-3-5-10(11)7-14(24-16)19(20,21)22/h3-7,12-13,15,23H,8-9H2,1-2H3,(H,25,26)/t12-,13+,15+. The van der Waals surface area contributed by atoms with Crippen molar-refractivity contribution < 1.29 is 18.0 Å². The predicted molar refractivity (Wildman–Crippen MR) is 91.3 cm³/mol. The summed E-state index contributed by atoms with van der Waals surface area (Å²) in [6.45, 7) is 5.06. The zero-order valence-corrected chi connectivity index (χ0v) is 14.5. The van der Waals surface area contributed by atoms with E-state index in [0.717, 1.165) is 19.2 Å². The third-order valence-corrected chi connectivity index (χ3v) is 5.45. The fourth-order valence-corrected chi connectivity index (χ4v) is 4.08. The number of carbonyl (C=O) groups is 1. The Balaban J connectivity index is 1.70. The Hall–Kier alpha value is -2.15. The van der Waals surface area contributed by atoms with Gasteiger partial charge in [0, 0.05) is 11.3 Å². The Bertz CT molecular complexity index is 868. The van der Waals surface area contributed by atoms with Crippen LogP contribution < -0.4 is 10.6 Å². The number of nitrogens with one attached hydrogen (secondary N) is 2. The minimum Gasteiger partial charge on any atom is -0.345 e. The summed E-state index contributed by atoms with van der Waals surface area (Å²) in [7, 11) is 0. The number of alkyl halides is 3. The number of hydrogen-bond donors (Lipinski definition) is 2. The van der Waals surface area contributed by atoms with Gasteiger partial charge in [-0.1, -0.05) is 24.3 Å². The molecule has 4 rings (SSSR count). The summed E-state index contributed by atoms with van der Waals surface area (Å²) in [4.78, 5) is 16.5. The predicted octanol–water partition coefficient (Wildman–Crippen LogP) is 3.07. The molecule has 1 aliphatic heterocycles. The van der Waals surface area contributed by atoms with Gasteiger partial charge < -0.3 is 10.6 Å². The fourth-order valence-electron chi connectivity index (χ4n) is 4.08. The lowest BCUT2D eigenvalue weighted by atomic mass is 9.93. The van der Waals surface area contributed by atoms with Gasteiger partial charge >= 0.3 is 6.18 Å². The van der Waals surface area contributed by atoms with Gasteiger partial charge in [0.1, 0.15) is 5.69 Å². The van der Waals surface area contributed by atoms with Gasteiger partial charge in [0.25, 0.3) is 0 Å². The number of aromatic nitrogens is 1. The zero-order chi connectivity index (χ0) is 18.7. The van der Waals surface area contributed by atoms with Crippen LogP contribution in [0.2, 0.25) is 0 Å². The molecule has 1 saturated heterocycles. The number of fused-ring (bicyclic) bond motifs is 2. The minimum absolute atomic E-state index is 0.0485. The van der Waals surface area contributed by atoms with E-state index in [9.17, 15) is 18.0 Å². The van der Waals surface area contributed by atoms with Gasteiger partial charge in [-0.3, -0.25) is 4.79 Å². The number of piperidine rings is 1. The molecule has 1 aromatic carbocycles. The van der Waals surface area contributed by atoms with Crippen LogP contribution >= 0.6 is 0 Å². The molecule has 1 amide bonds. The summed E-state index contributed by atoms with van der Waals surface area (Å²) < 4.78 is 39.9. The van der Waals surface area contributed by atoms with E-state index < -0.39 is 17.4 Å². The van der Waals surface area contributed by atoms with Crippen LogP contribution in [0.4, 0.5) is 13.2 Å². The number of rotatable bonds is 3. The van der Waals surface area contributed by atoms with Crippen molar-refractivity contribution in [3.63, 3.8) is 0 Å². The molecule has 2 N–H and O–H groups in total. The van der Waals surface area contributed by atoms with Gasteiger partial charge in [0.2, 0.25) is 5.91 Å². The Morgan fingerprint density at radius 1 is 1.19 bits per heavy atom. The van der Waals surface area contributed by atoms with Crippen LogP contribution in [0.1, 0.15) is 25.2 Å². The Kier molecular flexibility index (Phi) is 3.77. The van der Waals surface area contributed by atoms with Crippen LogP contribution in [0.15, 0.2) is 30.3 Å². The first-order chi connectivity index (χ1) is 12.2. The highest BCUT2D eigenvalue weighted by atomic mass is 19.4. The van der Waals surface area contributed by atoms with Crippen molar-refractivity contribution in [1.82, 2.24) is 15.6 Å². The molecule has 2 aliphatic rings. The van der Waals surface area contributed by atoms with Crippen molar-refractivity contribution in [2.24, 2.45) is 17.8 Å². The van der Waals surface area contributed by atoms with Crippen LogP contribution in [-0.2, 0) is 16.5 Å². The number of pyridine rings is 1. The van der Waals surface area contributed by atoms with E-state index >= 15 is 0 Å². The summed E-state index contributed by atoms with van der Waals surface area (Å²) >= 11 is 0. The highest BCUT2D eigenvalue weighted by Crippen LogP contribution is 2.49. The van der Waals surface area contributed by atoms with E-state index in [4.69, 9.17) is 0 Å². The molecule has 4 nitrogen and oxygen atoms in total. The summed E-state index contributed by atoms with van der Waals surface area (Å²) in [5.74, 6) is 0.538. The normalized spacial score (nSPS) is 25.2. The second-order valence-corrected chi connectivity index (χ2v) is 7.70. The van der Waals surface area contributed by atoms with E-state index in [2.05, 4.69) is 15.6 Å². The SMILES string of the molecule is CC(C)(NC(=O)[C@H]1[C@@H]2CNC[C@@H]21)c1nc(C(F)(F)F)cc2ccccc12. The van der Waals surface area contributed by atoms with E-state index in [1.54, 1.807) is 38.1 Å². The van der Waals surface area contributed by atoms with E-state index in [1.165, 1.54) is 0 Å². The third kappa shape index (κ3) is 2.84. The highest BCUT2D eigenvalue weighted by Gasteiger charge is 2.57. The molecule has 0 spiro atoms. The molecular formula is C19H20F3N3O. The molecule has 26 heavy (non-hydrogen) atoms. The summed E-state index contributed by atoms with van der Waals surface area (Å²) in [5, 5.41) is 7.24. The maximum Gasteiger partial charge on any atom is 0.433 e. The molecule has 0 unspecified atom stereocenters. The molecule has 138 valence electrons. The van der Waals surface area contributed by atoms with E-state index in [0.29, 0.717) is 22.6 Å². The fraction of sp³-hybridized carbons (Fsp3) is 0.474. The van der Waals surface area contributed by atoms with Gasteiger partial charge in [0.15, 0.2) is 0 Å². The average Bonchev–Trinajstić information content (AvgIpc) is 3.06. The largest absolute Gasteiger partial charge is 0.433 e. The smallest absolute Gasteiger partial charge is 0.345 e. The molecule has 0 radical (unpaired) electrons. The molecule has 1 saturated carbocycles. The second kappa shape index (κ2) is 5.67. The Labute approximate surface area is 149 Å². The number of hydrogen-bond acceptors (Lipinski definition) is 3. The quantitative estimate of drug-likeness (QED) is 0.881. The van der Waals surface area contributed by atoms with Crippen molar-refractivity contribution in [2.45, 2.75) is 25.6 Å². The molecule has 1 aliphatic carbocycles. The topological polar surface area (TPSA) is 54.0 Å². The van der Waals surface area contributed by atoms with Crippen LogP contribution in [0, 0.1) is 17.8 Å². The van der Waals surface area contributed by atoms with Gasteiger partial charge in [-0.15, -0.1) is 0 Å². The zero-order valence-electron chi connectivity index (χ0n) is 14.5. The van der Waals surface area contributed by atoms with E-state index in [-0.39, 0.29) is 17.5 Å². The van der Waals surface area contributed by atoms with Crippen molar-refractivity contribution in [1.29, 1.82) is 0 Å². The molecule has 3 atom stereocenters. The number of benzene rings is 1. The van der Waals surface area contributed by atoms with Crippen molar-refractivity contribution >= 4 is 16.7 Å². The maximum absolute atomic E-state index is 13.3. The monoisotopic (exact) mass is 363 g/mol. The number of nitrogens with zero attached hydrogens (tertiary/aromatic N) is 1. The number of halogens is 3. The van der Waals surface area contributed by atoms with Crippen LogP contribution in [0.25, 0.3) is 10.8 Å². The maximum atomic E-state index is 13.3. The highest BCUT2D eigenvalue weighted by molar-refractivity contribution is 5.88. The summed E-state index contributed by atoms with van der Waals surface area (Å²) in [5.41, 5.74) is -1.72. The summed E-state index contributed by atoms with van der Waals surface area (Å²) in [6.07, 6.45) is -4.54. The molecule has 7 heteroatoms. The molecule has 1 aromatic heterocycles. The average molecular weight is 363 g/mol. The number of amides is 1. The van der Waals surface area contributed by atoms with E-state index in [1.807, 2.05) is 0 Å². The minimum atomic E-state index is -4.54. The Morgan fingerprint density at radius 3 is 2.50 bits per heavy atom. The second-order valence-electron chi connectivity index (χ2n) is 7.70. The number of carbonyl (C=O) groups excluding carboxylic acids is 1. The Morgan fingerprint density at radius 2 is 1.85 bits per heavy atom. The first-order valence-corrected chi connectivity index (χ1v) is 8.69. The van der Waals surface area contributed by atoms with Crippen LogP contribution in [0.5, 0.6) is 0 Å². The molecule has 0 bridgehead atoms. The third-order valence-electron chi connectivity index (χ3n) is 5.45. The molecule has 2 heterocycles.